The van der Waals surface area contributed by atoms with Crippen LogP contribution in [0.15, 0.2) is 0 Å². The quantitative estimate of drug-likeness (QED) is 0.477. The molecule has 110 valence electrons. The van der Waals surface area contributed by atoms with Gasteiger partial charge in [-0.05, 0) is 19.3 Å². The van der Waals surface area contributed by atoms with E-state index in [1.165, 1.54) is 25.7 Å². The second-order valence-corrected chi connectivity index (χ2v) is 5.26. The highest BCUT2D eigenvalue weighted by atomic mass is 16.5. The molecule has 19 heavy (non-hydrogen) atoms. The molecule has 0 unspecified atom stereocenters. The third-order valence-corrected chi connectivity index (χ3v) is 3.50. The van der Waals surface area contributed by atoms with Gasteiger partial charge in [0.25, 0.3) is 0 Å². The Morgan fingerprint density at radius 1 is 1.16 bits per heavy atom. The molecule has 0 aliphatic carbocycles. The number of carbonyl (C=O) groups excluding carboxylic acids is 2. The lowest BCUT2D eigenvalue weighted by Gasteiger charge is -2.25. The zero-order chi connectivity index (χ0) is 13.9. The molecule has 1 fully saturated rings. The van der Waals surface area contributed by atoms with Crippen LogP contribution in [0.1, 0.15) is 64.7 Å². The molecule has 4 heteroatoms. The van der Waals surface area contributed by atoms with E-state index in [9.17, 15) is 9.59 Å². The molecule has 1 heterocycles. The minimum Gasteiger partial charge on any atom is -0.464 e. The van der Waals surface area contributed by atoms with Crippen LogP contribution in [0.3, 0.4) is 0 Å². The first-order chi connectivity index (χ1) is 9.24. The first kappa shape index (κ1) is 16.0. The molecule has 0 saturated carbocycles. The first-order valence-corrected chi connectivity index (χ1v) is 7.67. The number of amides is 1. The lowest BCUT2D eigenvalue weighted by molar-refractivity contribution is -0.150. The third kappa shape index (κ3) is 7.19. The number of rotatable bonds is 9. The molecule has 0 atom stereocenters. The SMILES string of the molecule is CCCCCCCCOC(=O)CN1CCCCC1=O. The molecule has 0 aromatic carbocycles. The van der Waals surface area contributed by atoms with Crippen molar-refractivity contribution in [2.45, 2.75) is 64.7 Å². The van der Waals surface area contributed by atoms with Crippen LogP contribution in [0.5, 0.6) is 0 Å². The summed E-state index contributed by atoms with van der Waals surface area (Å²) in [5, 5.41) is 0. The normalized spacial score (nSPS) is 15.6. The number of carbonyl (C=O) groups is 2. The molecule has 4 nitrogen and oxygen atoms in total. The summed E-state index contributed by atoms with van der Waals surface area (Å²) >= 11 is 0. The van der Waals surface area contributed by atoms with Gasteiger partial charge in [0, 0.05) is 13.0 Å². The molecular weight excluding hydrogens is 242 g/mol. The summed E-state index contributed by atoms with van der Waals surface area (Å²) < 4.78 is 5.17. The van der Waals surface area contributed by atoms with Crippen molar-refractivity contribution in [2.75, 3.05) is 19.7 Å². The van der Waals surface area contributed by atoms with Gasteiger partial charge in [-0.2, -0.15) is 0 Å². The van der Waals surface area contributed by atoms with Gasteiger partial charge in [0.15, 0.2) is 0 Å². The van der Waals surface area contributed by atoms with Crippen LogP contribution in [-0.4, -0.2) is 36.5 Å². The van der Waals surface area contributed by atoms with E-state index in [1.54, 1.807) is 4.90 Å². The fourth-order valence-electron chi connectivity index (χ4n) is 2.30. The van der Waals surface area contributed by atoms with Gasteiger partial charge in [0.05, 0.1) is 6.61 Å². The zero-order valence-corrected chi connectivity index (χ0v) is 12.2. The molecule has 0 aromatic heterocycles. The Bertz CT molecular complexity index is 279. The fourth-order valence-corrected chi connectivity index (χ4v) is 2.30. The van der Waals surface area contributed by atoms with Crippen molar-refractivity contribution in [1.82, 2.24) is 4.90 Å². The van der Waals surface area contributed by atoms with E-state index in [0.717, 1.165) is 25.7 Å². The number of piperidine rings is 1. The molecule has 0 spiro atoms. The number of hydrogen-bond acceptors (Lipinski definition) is 3. The van der Waals surface area contributed by atoms with Gasteiger partial charge in [0.2, 0.25) is 5.91 Å². The first-order valence-electron chi connectivity index (χ1n) is 7.67. The van der Waals surface area contributed by atoms with E-state index in [4.69, 9.17) is 4.74 Å². The summed E-state index contributed by atoms with van der Waals surface area (Å²) in [7, 11) is 0. The van der Waals surface area contributed by atoms with Crippen molar-refractivity contribution < 1.29 is 14.3 Å². The molecule has 0 radical (unpaired) electrons. The van der Waals surface area contributed by atoms with E-state index in [2.05, 4.69) is 6.92 Å². The van der Waals surface area contributed by atoms with Gasteiger partial charge in [-0.3, -0.25) is 9.59 Å². The number of ether oxygens (including phenoxy) is 1. The monoisotopic (exact) mass is 269 g/mol. The molecule has 1 saturated heterocycles. The maximum atomic E-state index is 11.6. The molecule has 1 rings (SSSR count). The summed E-state index contributed by atoms with van der Waals surface area (Å²) in [5.41, 5.74) is 0. The fraction of sp³-hybridized carbons (Fsp3) is 0.867. The second-order valence-electron chi connectivity index (χ2n) is 5.26. The Hall–Kier alpha value is -1.06. The zero-order valence-electron chi connectivity index (χ0n) is 12.2. The van der Waals surface area contributed by atoms with E-state index in [1.807, 2.05) is 0 Å². The lowest BCUT2D eigenvalue weighted by Crippen LogP contribution is -2.39. The average Bonchev–Trinajstić information content (AvgIpc) is 2.40. The summed E-state index contributed by atoms with van der Waals surface area (Å²) in [4.78, 5) is 24.7. The van der Waals surface area contributed by atoms with Crippen LogP contribution >= 0.6 is 0 Å². The van der Waals surface area contributed by atoms with Crippen molar-refractivity contribution in [3.05, 3.63) is 0 Å². The summed E-state index contributed by atoms with van der Waals surface area (Å²) in [6.45, 7) is 3.52. The van der Waals surface area contributed by atoms with Crippen molar-refractivity contribution in [2.24, 2.45) is 0 Å². The number of hydrogen-bond donors (Lipinski definition) is 0. The van der Waals surface area contributed by atoms with Gasteiger partial charge in [-0.15, -0.1) is 0 Å². The van der Waals surface area contributed by atoms with E-state index < -0.39 is 0 Å². The largest absolute Gasteiger partial charge is 0.464 e. The van der Waals surface area contributed by atoms with Crippen LogP contribution in [0.25, 0.3) is 0 Å². The molecule has 0 N–H and O–H groups in total. The smallest absolute Gasteiger partial charge is 0.325 e. The van der Waals surface area contributed by atoms with E-state index >= 15 is 0 Å². The topological polar surface area (TPSA) is 46.6 Å². The van der Waals surface area contributed by atoms with Gasteiger partial charge >= 0.3 is 5.97 Å². The van der Waals surface area contributed by atoms with E-state index in [0.29, 0.717) is 19.6 Å². The Morgan fingerprint density at radius 2 is 1.89 bits per heavy atom. The molecular formula is C15H27NO3. The highest BCUT2D eigenvalue weighted by molar-refractivity contribution is 5.82. The molecule has 0 bridgehead atoms. The van der Waals surface area contributed by atoms with Crippen LogP contribution < -0.4 is 0 Å². The maximum Gasteiger partial charge on any atom is 0.325 e. The minimum atomic E-state index is -0.260. The van der Waals surface area contributed by atoms with Crippen LogP contribution in [0.4, 0.5) is 0 Å². The van der Waals surface area contributed by atoms with Crippen molar-refractivity contribution in [1.29, 1.82) is 0 Å². The van der Waals surface area contributed by atoms with Gasteiger partial charge in [-0.25, -0.2) is 0 Å². The molecule has 1 aliphatic heterocycles. The number of unbranched alkanes of at least 4 members (excludes halogenated alkanes) is 5. The van der Waals surface area contributed by atoms with Crippen molar-refractivity contribution in [3.8, 4) is 0 Å². The van der Waals surface area contributed by atoms with Crippen molar-refractivity contribution >= 4 is 11.9 Å². The molecule has 0 aromatic rings. The molecule has 1 aliphatic rings. The average molecular weight is 269 g/mol. The Kier molecular flexibility index (Phi) is 8.26. The van der Waals surface area contributed by atoms with Crippen molar-refractivity contribution in [3.63, 3.8) is 0 Å². The Balaban J connectivity index is 2.00. The summed E-state index contributed by atoms with van der Waals surface area (Å²) in [5.74, 6) is -0.174. The lowest BCUT2D eigenvalue weighted by atomic mass is 10.1. The number of likely N-dealkylation sites (tertiary alicyclic amines) is 1. The predicted octanol–water partition coefficient (Wildman–Crippen LogP) is 2.90. The van der Waals surface area contributed by atoms with Gasteiger partial charge in [-0.1, -0.05) is 39.0 Å². The minimum absolute atomic E-state index is 0.0859. The van der Waals surface area contributed by atoms with Crippen LogP contribution in [0.2, 0.25) is 0 Å². The standard InChI is InChI=1S/C15H27NO3/c1-2-3-4-5-6-9-12-19-15(18)13-16-11-8-7-10-14(16)17/h2-13H2,1H3. The predicted molar refractivity (Wildman–Crippen MR) is 74.8 cm³/mol. The summed E-state index contributed by atoms with van der Waals surface area (Å²) in [6, 6.07) is 0. The van der Waals surface area contributed by atoms with Gasteiger partial charge < -0.3 is 9.64 Å². The number of esters is 1. The maximum absolute atomic E-state index is 11.6. The van der Waals surface area contributed by atoms with Crippen LogP contribution in [0, 0.1) is 0 Å². The van der Waals surface area contributed by atoms with Crippen LogP contribution in [-0.2, 0) is 14.3 Å². The molecule has 1 amide bonds. The highest BCUT2D eigenvalue weighted by Crippen LogP contribution is 2.10. The second kappa shape index (κ2) is 9.82. The van der Waals surface area contributed by atoms with E-state index in [-0.39, 0.29) is 18.4 Å². The Labute approximate surface area is 116 Å². The highest BCUT2D eigenvalue weighted by Gasteiger charge is 2.20. The number of nitrogens with zero attached hydrogens (tertiary/aromatic N) is 1. The third-order valence-electron chi connectivity index (χ3n) is 3.50. The Morgan fingerprint density at radius 3 is 2.63 bits per heavy atom. The summed E-state index contributed by atoms with van der Waals surface area (Å²) in [6.07, 6.45) is 9.60. The van der Waals surface area contributed by atoms with Gasteiger partial charge in [0.1, 0.15) is 6.54 Å².